The van der Waals surface area contributed by atoms with Gasteiger partial charge in [-0.25, -0.2) is 0 Å². The highest BCUT2D eigenvalue weighted by Crippen LogP contribution is 2.31. The van der Waals surface area contributed by atoms with Gasteiger partial charge in [0.05, 0.1) is 0 Å². The molecule has 0 aliphatic rings. The van der Waals surface area contributed by atoms with Gasteiger partial charge in [0.25, 0.3) is 0 Å². The SMILES string of the molecule is Cc1ccc(O)c(Cc2cc(C)c(O)c(Cc3cc(C)ccc3O)c2)c1. The molecule has 0 spiro atoms. The van der Waals surface area contributed by atoms with Gasteiger partial charge in [-0.2, -0.15) is 0 Å². The van der Waals surface area contributed by atoms with Crippen LogP contribution >= 0.6 is 0 Å². The first kappa shape index (κ1) is 17.9. The number of benzene rings is 3. The first-order valence-electron chi connectivity index (χ1n) is 8.72. The molecule has 3 heteroatoms. The second-order valence-electron chi connectivity index (χ2n) is 7.04. The molecule has 0 aliphatic carbocycles. The van der Waals surface area contributed by atoms with Crippen molar-refractivity contribution in [3.8, 4) is 17.2 Å². The highest BCUT2D eigenvalue weighted by molar-refractivity contribution is 5.49. The van der Waals surface area contributed by atoms with Crippen molar-refractivity contribution in [3.63, 3.8) is 0 Å². The van der Waals surface area contributed by atoms with E-state index >= 15 is 0 Å². The number of rotatable bonds is 4. The van der Waals surface area contributed by atoms with Crippen LogP contribution in [-0.4, -0.2) is 15.3 Å². The Balaban J connectivity index is 1.97. The van der Waals surface area contributed by atoms with Crippen LogP contribution in [0.2, 0.25) is 0 Å². The molecule has 0 atom stereocenters. The van der Waals surface area contributed by atoms with E-state index < -0.39 is 0 Å². The first-order chi connectivity index (χ1) is 12.3. The fourth-order valence-electron chi connectivity index (χ4n) is 3.31. The summed E-state index contributed by atoms with van der Waals surface area (Å²) in [6, 6.07) is 14.9. The van der Waals surface area contributed by atoms with E-state index in [4.69, 9.17) is 0 Å². The summed E-state index contributed by atoms with van der Waals surface area (Å²) in [6.07, 6.45) is 1.04. The Labute approximate surface area is 154 Å². The second-order valence-corrected chi connectivity index (χ2v) is 7.04. The minimum Gasteiger partial charge on any atom is -0.508 e. The van der Waals surface area contributed by atoms with Crippen molar-refractivity contribution >= 4 is 0 Å². The van der Waals surface area contributed by atoms with Gasteiger partial charge in [-0.1, -0.05) is 47.5 Å². The van der Waals surface area contributed by atoms with Gasteiger partial charge in [0.1, 0.15) is 17.2 Å². The van der Waals surface area contributed by atoms with Gasteiger partial charge in [-0.05, 0) is 60.7 Å². The maximum Gasteiger partial charge on any atom is 0.122 e. The fourth-order valence-corrected chi connectivity index (χ4v) is 3.31. The lowest BCUT2D eigenvalue weighted by Gasteiger charge is -2.13. The maximum absolute atomic E-state index is 10.5. The smallest absolute Gasteiger partial charge is 0.122 e. The Hall–Kier alpha value is -2.94. The third-order valence-electron chi connectivity index (χ3n) is 4.68. The number of aromatic hydroxyl groups is 3. The Morgan fingerprint density at radius 3 is 1.73 bits per heavy atom. The van der Waals surface area contributed by atoms with Crippen LogP contribution in [0.4, 0.5) is 0 Å². The Morgan fingerprint density at radius 1 is 0.615 bits per heavy atom. The monoisotopic (exact) mass is 348 g/mol. The van der Waals surface area contributed by atoms with E-state index in [0.717, 1.165) is 38.9 Å². The summed E-state index contributed by atoms with van der Waals surface area (Å²) >= 11 is 0. The molecule has 0 fully saturated rings. The predicted molar refractivity (Wildman–Crippen MR) is 104 cm³/mol. The number of aryl methyl sites for hydroxylation is 3. The molecule has 0 radical (unpaired) electrons. The molecule has 0 bridgehead atoms. The van der Waals surface area contributed by atoms with Crippen LogP contribution in [0.3, 0.4) is 0 Å². The van der Waals surface area contributed by atoms with Gasteiger partial charge < -0.3 is 15.3 Å². The van der Waals surface area contributed by atoms with E-state index in [9.17, 15) is 15.3 Å². The van der Waals surface area contributed by atoms with Crippen molar-refractivity contribution < 1.29 is 15.3 Å². The topological polar surface area (TPSA) is 60.7 Å². The van der Waals surface area contributed by atoms with E-state index in [-0.39, 0.29) is 17.2 Å². The zero-order valence-electron chi connectivity index (χ0n) is 15.4. The highest BCUT2D eigenvalue weighted by atomic mass is 16.3. The molecule has 0 saturated carbocycles. The van der Waals surface area contributed by atoms with Crippen molar-refractivity contribution in [2.45, 2.75) is 33.6 Å². The third kappa shape index (κ3) is 3.83. The summed E-state index contributed by atoms with van der Waals surface area (Å²) in [5.74, 6) is 0.761. The number of phenols is 3. The third-order valence-corrected chi connectivity index (χ3v) is 4.68. The zero-order valence-corrected chi connectivity index (χ0v) is 15.4. The van der Waals surface area contributed by atoms with Crippen molar-refractivity contribution in [1.29, 1.82) is 0 Å². The second kappa shape index (κ2) is 7.12. The van der Waals surface area contributed by atoms with E-state index in [1.54, 1.807) is 12.1 Å². The van der Waals surface area contributed by atoms with Crippen LogP contribution in [0, 0.1) is 20.8 Å². The van der Waals surface area contributed by atoms with Crippen molar-refractivity contribution in [1.82, 2.24) is 0 Å². The molecule has 3 rings (SSSR count). The largest absolute Gasteiger partial charge is 0.508 e. The van der Waals surface area contributed by atoms with Crippen molar-refractivity contribution in [2.24, 2.45) is 0 Å². The molecule has 0 aromatic heterocycles. The molecule has 3 N–H and O–H groups in total. The molecule has 0 heterocycles. The minimum absolute atomic E-state index is 0.231. The summed E-state index contributed by atoms with van der Waals surface area (Å²) in [7, 11) is 0. The summed E-state index contributed by atoms with van der Waals surface area (Å²) in [5.41, 5.74) is 6.39. The van der Waals surface area contributed by atoms with Gasteiger partial charge in [-0.3, -0.25) is 0 Å². The first-order valence-corrected chi connectivity index (χ1v) is 8.72. The van der Waals surface area contributed by atoms with Crippen molar-refractivity contribution in [3.05, 3.63) is 87.5 Å². The van der Waals surface area contributed by atoms with E-state index in [2.05, 4.69) is 0 Å². The van der Waals surface area contributed by atoms with E-state index in [1.165, 1.54) is 0 Å². The van der Waals surface area contributed by atoms with Gasteiger partial charge in [0, 0.05) is 12.8 Å². The average Bonchev–Trinajstić information content (AvgIpc) is 2.59. The summed E-state index contributed by atoms with van der Waals surface area (Å²) in [4.78, 5) is 0. The minimum atomic E-state index is 0.231. The summed E-state index contributed by atoms with van der Waals surface area (Å²) in [6.45, 7) is 5.84. The quantitative estimate of drug-likeness (QED) is 0.628. The number of phenolic OH excluding ortho intramolecular Hbond substituents is 3. The molecular weight excluding hydrogens is 324 g/mol. The van der Waals surface area contributed by atoms with Crippen LogP contribution in [-0.2, 0) is 12.8 Å². The molecule has 134 valence electrons. The molecule has 3 aromatic rings. The number of hydrogen-bond donors (Lipinski definition) is 3. The lowest BCUT2D eigenvalue weighted by atomic mass is 9.94. The molecule has 0 amide bonds. The maximum atomic E-state index is 10.5. The lowest BCUT2D eigenvalue weighted by Crippen LogP contribution is -1.97. The standard InChI is InChI=1S/C23H24O3/c1-14-4-6-21(24)18(8-14)11-17-10-16(3)23(26)20(12-17)13-19-9-15(2)5-7-22(19)25/h4-10,12,24-26H,11,13H2,1-3H3. The van der Waals surface area contributed by atoms with Crippen LogP contribution in [0.25, 0.3) is 0 Å². The van der Waals surface area contributed by atoms with Crippen LogP contribution < -0.4 is 0 Å². The van der Waals surface area contributed by atoms with Gasteiger partial charge >= 0.3 is 0 Å². The van der Waals surface area contributed by atoms with Gasteiger partial charge in [-0.15, -0.1) is 0 Å². The highest BCUT2D eigenvalue weighted by Gasteiger charge is 2.12. The molecule has 3 aromatic carbocycles. The molecule has 0 unspecified atom stereocenters. The van der Waals surface area contributed by atoms with E-state index in [1.807, 2.05) is 57.2 Å². The Bertz CT molecular complexity index is 958. The summed E-state index contributed by atoms with van der Waals surface area (Å²) < 4.78 is 0. The van der Waals surface area contributed by atoms with Gasteiger partial charge in [0.2, 0.25) is 0 Å². The average molecular weight is 348 g/mol. The van der Waals surface area contributed by atoms with Crippen LogP contribution in [0.5, 0.6) is 17.2 Å². The molecular formula is C23H24O3. The Morgan fingerprint density at radius 2 is 1.15 bits per heavy atom. The van der Waals surface area contributed by atoms with Crippen molar-refractivity contribution in [2.75, 3.05) is 0 Å². The normalized spacial score (nSPS) is 10.9. The zero-order chi connectivity index (χ0) is 18.8. The Kier molecular flexibility index (Phi) is 4.90. The van der Waals surface area contributed by atoms with Crippen LogP contribution in [0.1, 0.15) is 38.9 Å². The van der Waals surface area contributed by atoms with Crippen LogP contribution in [0.15, 0.2) is 48.5 Å². The molecule has 3 nitrogen and oxygen atoms in total. The lowest BCUT2D eigenvalue weighted by molar-refractivity contribution is 0.460. The van der Waals surface area contributed by atoms with Gasteiger partial charge in [0.15, 0.2) is 0 Å². The van der Waals surface area contributed by atoms with E-state index in [0.29, 0.717) is 12.8 Å². The fraction of sp³-hybridized carbons (Fsp3) is 0.217. The molecule has 0 aliphatic heterocycles. The molecule has 26 heavy (non-hydrogen) atoms. The number of hydrogen-bond acceptors (Lipinski definition) is 3. The predicted octanol–water partition coefficient (Wildman–Crippen LogP) is 4.91. The summed E-state index contributed by atoms with van der Waals surface area (Å²) in [5, 5.41) is 30.7. The molecule has 0 saturated heterocycles.